The fourth-order valence-corrected chi connectivity index (χ4v) is 6.29. The Kier molecular flexibility index (Phi) is 8.04. The van der Waals surface area contributed by atoms with Crippen LogP contribution in [0, 0.1) is 0 Å². The maximum atomic E-state index is 11.2. The van der Waals surface area contributed by atoms with Crippen molar-refractivity contribution >= 4 is 22.5 Å². The van der Waals surface area contributed by atoms with E-state index in [0.717, 1.165) is 80.2 Å². The molecule has 11 heteroatoms. The Hall–Kier alpha value is -3.87. The zero-order chi connectivity index (χ0) is 30.2. The van der Waals surface area contributed by atoms with E-state index in [1.165, 1.54) is 5.56 Å². The van der Waals surface area contributed by atoms with E-state index in [2.05, 4.69) is 67.2 Å². The molecule has 44 heavy (non-hydrogen) atoms. The van der Waals surface area contributed by atoms with E-state index in [4.69, 9.17) is 9.97 Å². The van der Waals surface area contributed by atoms with Crippen molar-refractivity contribution in [1.82, 2.24) is 39.3 Å². The Balaban J connectivity index is 1.28. The van der Waals surface area contributed by atoms with Gasteiger partial charge < -0.3 is 24.6 Å². The zero-order valence-electron chi connectivity index (χ0n) is 25.4. The van der Waals surface area contributed by atoms with Gasteiger partial charge in [-0.2, -0.15) is 9.61 Å². The number of hydrogen-bond acceptors (Lipinski definition) is 9. The van der Waals surface area contributed by atoms with Crippen molar-refractivity contribution in [3.05, 3.63) is 78.2 Å². The number of aliphatic hydroxyl groups is 2. The third-order valence-corrected chi connectivity index (χ3v) is 9.20. The average molecular weight is 596 g/mol. The molecule has 1 unspecified atom stereocenters. The predicted molar refractivity (Wildman–Crippen MR) is 171 cm³/mol. The number of rotatable bonds is 10. The van der Waals surface area contributed by atoms with Gasteiger partial charge in [0.1, 0.15) is 17.7 Å². The van der Waals surface area contributed by atoms with Crippen molar-refractivity contribution in [2.45, 2.75) is 44.3 Å². The normalized spacial score (nSPS) is 20.3. The minimum atomic E-state index is -1.01. The molecule has 0 bridgehead atoms. The molecule has 230 valence electrons. The minimum absolute atomic E-state index is 0.146. The monoisotopic (exact) mass is 595 g/mol. The minimum Gasteiger partial charge on any atom is -0.392 e. The molecule has 2 fully saturated rings. The van der Waals surface area contributed by atoms with Gasteiger partial charge in [0.05, 0.1) is 23.6 Å². The van der Waals surface area contributed by atoms with Crippen molar-refractivity contribution in [1.29, 1.82) is 0 Å². The van der Waals surface area contributed by atoms with E-state index >= 15 is 0 Å². The zero-order valence-corrected chi connectivity index (χ0v) is 25.4. The highest BCUT2D eigenvalue weighted by Crippen LogP contribution is 2.33. The molecule has 5 aromatic rings. The van der Waals surface area contributed by atoms with Gasteiger partial charge in [-0.1, -0.05) is 30.3 Å². The van der Waals surface area contributed by atoms with Gasteiger partial charge in [-0.3, -0.25) is 10.2 Å². The third kappa shape index (κ3) is 5.69. The van der Waals surface area contributed by atoms with Gasteiger partial charge in [-0.25, -0.2) is 9.97 Å². The summed E-state index contributed by atoms with van der Waals surface area (Å²) in [6, 6.07) is 16.3. The molecule has 1 aliphatic carbocycles. The molecule has 0 radical (unpaired) electrons. The van der Waals surface area contributed by atoms with Crippen LogP contribution in [0.1, 0.15) is 30.2 Å². The van der Waals surface area contributed by atoms with Gasteiger partial charge >= 0.3 is 0 Å². The number of benzene rings is 1. The first-order valence-electron chi connectivity index (χ1n) is 15.6. The van der Waals surface area contributed by atoms with Crippen LogP contribution in [0.4, 0.5) is 5.82 Å². The number of aliphatic hydroxyl groups excluding tert-OH is 2. The molecule has 5 heterocycles. The lowest BCUT2D eigenvalue weighted by Crippen LogP contribution is -2.49. The van der Waals surface area contributed by atoms with Crippen molar-refractivity contribution < 1.29 is 10.2 Å². The lowest BCUT2D eigenvalue weighted by molar-refractivity contribution is 0.0106. The summed E-state index contributed by atoms with van der Waals surface area (Å²) >= 11 is 0. The van der Waals surface area contributed by atoms with Gasteiger partial charge in [0, 0.05) is 88.3 Å². The standard InChI is InChI=1S/C33H41N9O2/c1-38-13-15-40(16-14-38)17-18-41-22-26(24-9-6-12-34-31(24)41)28-19-30(39(2)21-23-7-4-3-5-8-23)42-32(36-28)25(20-35-42)33(44)37-27-10-11-29(27)43/h3-9,12,19-20,22,27,29,33,37,43-44H,10-11,13-18,21H2,1-2H3/t27-,29+,33?/m0/s1. The Morgan fingerprint density at radius 2 is 1.84 bits per heavy atom. The number of likely N-dealkylation sites (N-methyl/N-ethyl adjacent to an activating group) is 1. The summed E-state index contributed by atoms with van der Waals surface area (Å²) in [5, 5.41) is 30.2. The molecule has 2 aliphatic rings. The number of pyridine rings is 1. The molecular formula is C33H41N9O2. The molecule has 1 saturated carbocycles. The molecule has 0 spiro atoms. The summed E-state index contributed by atoms with van der Waals surface area (Å²) in [5.74, 6) is 0.859. The SMILES string of the molecule is CN1CCN(CCn2cc(-c3cc(N(C)Cc4ccccc4)n4ncc(C(O)N[C@H]5CC[C@H]5O)c4n3)c3cccnc32)CC1. The summed E-state index contributed by atoms with van der Waals surface area (Å²) in [4.78, 5) is 16.9. The lowest BCUT2D eigenvalue weighted by Gasteiger charge is -2.34. The van der Waals surface area contributed by atoms with E-state index in [-0.39, 0.29) is 6.04 Å². The first kappa shape index (κ1) is 28.9. The largest absolute Gasteiger partial charge is 0.392 e. The highest BCUT2D eigenvalue weighted by Gasteiger charge is 2.32. The fourth-order valence-electron chi connectivity index (χ4n) is 6.29. The van der Waals surface area contributed by atoms with Crippen molar-refractivity contribution in [3.8, 4) is 11.3 Å². The number of fused-ring (bicyclic) bond motifs is 2. The Morgan fingerprint density at radius 3 is 2.59 bits per heavy atom. The van der Waals surface area contributed by atoms with Crippen LogP contribution in [0.25, 0.3) is 27.9 Å². The van der Waals surface area contributed by atoms with E-state index < -0.39 is 12.3 Å². The summed E-state index contributed by atoms with van der Waals surface area (Å²) in [6.45, 7) is 6.80. The summed E-state index contributed by atoms with van der Waals surface area (Å²) < 4.78 is 4.04. The first-order chi connectivity index (χ1) is 21.4. The predicted octanol–water partition coefficient (Wildman–Crippen LogP) is 2.73. The first-order valence-corrected chi connectivity index (χ1v) is 15.6. The Labute approximate surface area is 257 Å². The molecule has 0 amide bonds. The van der Waals surface area contributed by atoms with E-state index in [9.17, 15) is 10.2 Å². The number of anilines is 1. The van der Waals surface area contributed by atoms with Crippen molar-refractivity contribution in [2.24, 2.45) is 0 Å². The third-order valence-electron chi connectivity index (χ3n) is 9.20. The van der Waals surface area contributed by atoms with Gasteiger partial charge in [-0.05, 0) is 37.6 Å². The quantitative estimate of drug-likeness (QED) is 0.210. The van der Waals surface area contributed by atoms with Gasteiger partial charge in [0.15, 0.2) is 5.65 Å². The smallest absolute Gasteiger partial charge is 0.165 e. The average Bonchev–Trinajstić information content (AvgIpc) is 3.64. The van der Waals surface area contributed by atoms with Gasteiger partial charge in [0.25, 0.3) is 0 Å². The maximum absolute atomic E-state index is 11.2. The second-order valence-corrected chi connectivity index (χ2v) is 12.3. The summed E-state index contributed by atoms with van der Waals surface area (Å²) in [6.07, 6.45) is 5.80. The molecule has 1 aromatic carbocycles. The number of hydrogen-bond donors (Lipinski definition) is 3. The van der Waals surface area contributed by atoms with Crippen LogP contribution in [-0.4, -0.2) is 103 Å². The van der Waals surface area contributed by atoms with Crippen LogP contribution >= 0.6 is 0 Å². The number of aromatic nitrogens is 5. The number of piperazine rings is 1. The van der Waals surface area contributed by atoms with E-state index in [1.54, 1.807) is 10.7 Å². The maximum Gasteiger partial charge on any atom is 0.165 e. The molecule has 1 aliphatic heterocycles. The van der Waals surface area contributed by atoms with Crippen LogP contribution in [-0.2, 0) is 13.1 Å². The fraction of sp³-hybridized carbons (Fsp3) is 0.424. The Bertz CT molecular complexity index is 1730. The molecule has 11 nitrogen and oxygen atoms in total. The van der Waals surface area contributed by atoms with Crippen LogP contribution in [0.5, 0.6) is 0 Å². The van der Waals surface area contributed by atoms with Crippen molar-refractivity contribution in [2.75, 3.05) is 51.7 Å². The molecule has 4 aromatic heterocycles. The van der Waals surface area contributed by atoms with Crippen LogP contribution < -0.4 is 10.2 Å². The Morgan fingerprint density at radius 1 is 1.02 bits per heavy atom. The summed E-state index contributed by atoms with van der Waals surface area (Å²) in [5.41, 5.74) is 5.06. The topological polar surface area (TPSA) is 110 Å². The van der Waals surface area contributed by atoms with Gasteiger partial charge in [-0.15, -0.1) is 0 Å². The summed E-state index contributed by atoms with van der Waals surface area (Å²) in [7, 11) is 4.23. The molecule has 3 N–H and O–H groups in total. The molecule has 3 atom stereocenters. The van der Waals surface area contributed by atoms with Crippen molar-refractivity contribution in [3.63, 3.8) is 0 Å². The number of nitrogens with one attached hydrogen (secondary N) is 1. The second kappa shape index (κ2) is 12.3. The van der Waals surface area contributed by atoms with E-state index in [1.807, 2.05) is 37.5 Å². The van der Waals surface area contributed by atoms with Crippen LogP contribution in [0.3, 0.4) is 0 Å². The molecule has 1 saturated heterocycles. The lowest BCUT2D eigenvalue weighted by atomic mass is 9.89. The highest BCUT2D eigenvalue weighted by molar-refractivity contribution is 5.93. The van der Waals surface area contributed by atoms with Crippen LogP contribution in [0.15, 0.2) is 67.1 Å². The molecule has 7 rings (SSSR count). The highest BCUT2D eigenvalue weighted by atomic mass is 16.3. The second-order valence-electron chi connectivity index (χ2n) is 12.3. The molecular weight excluding hydrogens is 554 g/mol. The number of nitrogens with zero attached hydrogens (tertiary/aromatic N) is 8. The van der Waals surface area contributed by atoms with Gasteiger partial charge in [0.2, 0.25) is 0 Å². The van der Waals surface area contributed by atoms with Crippen LogP contribution in [0.2, 0.25) is 0 Å². The van der Waals surface area contributed by atoms with E-state index in [0.29, 0.717) is 17.8 Å².